The van der Waals surface area contributed by atoms with E-state index in [1.54, 1.807) is 5.57 Å². The molecule has 7 rings (SSSR count). The number of hydrogen-bond donors (Lipinski definition) is 1. The van der Waals surface area contributed by atoms with Crippen molar-refractivity contribution in [1.29, 1.82) is 0 Å². The van der Waals surface area contributed by atoms with Gasteiger partial charge in [0.15, 0.2) is 5.82 Å². The highest BCUT2D eigenvalue weighted by Crippen LogP contribution is 2.58. The summed E-state index contributed by atoms with van der Waals surface area (Å²) in [4.78, 5) is 22.4. The third kappa shape index (κ3) is 3.05. The Labute approximate surface area is 184 Å². The van der Waals surface area contributed by atoms with Crippen molar-refractivity contribution < 1.29 is 4.79 Å². The molecule has 2 aliphatic heterocycles. The topological polar surface area (TPSA) is 65.1 Å². The number of carbonyl (C=O) groups excluding carboxylic acids is 1. The van der Waals surface area contributed by atoms with Crippen LogP contribution in [0.25, 0.3) is 0 Å². The van der Waals surface area contributed by atoms with Gasteiger partial charge in [-0.15, -0.1) is 0 Å². The summed E-state index contributed by atoms with van der Waals surface area (Å²) in [5, 5.41) is 7.62. The molecule has 1 amide bonds. The average Bonchev–Trinajstić information content (AvgIpc) is 3.21. The minimum absolute atomic E-state index is 0.291. The van der Waals surface area contributed by atoms with Crippen molar-refractivity contribution in [2.45, 2.75) is 63.7 Å². The van der Waals surface area contributed by atoms with Crippen LogP contribution < -0.4 is 0 Å². The molecule has 1 aromatic heterocycles. The summed E-state index contributed by atoms with van der Waals surface area (Å²) in [6.45, 7) is 7.64. The van der Waals surface area contributed by atoms with Crippen molar-refractivity contribution >= 4 is 5.91 Å². The molecular formula is C25H33N5O. The monoisotopic (exact) mass is 419 g/mol. The van der Waals surface area contributed by atoms with Crippen LogP contribution in [0.15, 0.2) is 23.3 Å². The molecule has 0 aromatic carbocycles. The van der Waals surface area contributed by atoms with Gasteiger partial charge in [-0.05, 0) is 57.3 Å². The van der Waals surface area contributed by atoms with Gasteiger partial charge in [0, 0.05) is 55.9 Å². The first-order valence-electron chi connectivity index (χ1n) is 12.3. The molecule has 31 heavy (non-hydrogen) atoms. The predicted molar refractivity (Wildman–Crippen MR) is 117 cm³/mol. The molecular weight excluding hydrogens is 386 g/mol. The summed E-state index contributed by atoms with van der Waals surface area (Å²) in [7, 11) is 0. The number of aromatic nitrogens is 3. The van der Waals surface area contributed by atoms with Crippen molar-refractivity contribution in [2.24, 2.45) is 16.7 Å². The van der Waals surface area contributed by atoms with Crippen LogP contribution in [0, 0.1) is 16.7 Å². The first-order chi connectivity index (χ1) is 15.0. The summed E-state index contributed by atoms with van der Waals surface area (Å²) in [5.74, 6) is 3.99. The molecule has 1 aromatic rings. The molecule has 6 nitrogen and oxygen atoms in total. The smallest absolute Gasteiger partial charge is 0.225 e. The lowest BCUT2D eigenvalue weighted by Gasteiger charge is -2.62. The van der Waals surface area contributed by atoms with Gasteiger partial charge in [-0.2, -0.15) is 5.10 Å². The van der Waals surface area contributed by atoms with E-state index in [4.69, 9.17) is 4.98 Å². The van der Waals surface area contributed by atoms with Crippen LogP contribution in [0.2, 0.25) is 0 Å². The van der Waals surface area contributed by atoms with Crippen molar-refractivity contribution in [3.63, 3.8) is 0 Å². The highest BCUT2D eigenvalue weighted by molar-refractivity contribution is 5.81. The molecule has 0 atom stereocenters. The summed E-state index contributed by atoms with van der Waals surface area (Å²) in [6.07, 6.45) is 12.9. The van der Waals surface area contributed by atoms with Gasteiger partial charge in [-0.3, -0.25) is 14.8 Å². The number of rotatable bonds is 5. The standard InChI is InChI=1S/C25H33N5O/c1-16-2-3-17(6-16)11-29-12-24(13-29)9-20(10-24)23(31)30-14-25(15-30)7-19(8-25)22-26-21(27-28-22)18-4-5-18/h2,6,18-20H,3-5,7-15H2,1H3,(H,26,27,28). The Kier molecular flexibility index (Phi) is 3.78. The molecule has 6 aliphatic rings. The highest BCUT2D eigenvalue weighted by Gasteiger charge is 2.59. The molecule has 0 bridgehead atoms. The van der Waals surface area contributed by atoms with Gasteiger partial charge >= 0.3 is 0 Å². The van der Waals surface area contributed by atoms with Gasteiger partial charge in [-0.1, -0.05) is 23.3 Å². The summed E-state index contributed by atoms with van der Waals surface area (Å²) >= 11 is 0. The minimum Gasteiger partial charge on any atom is -0.341 e. The normalized spacial score (nSPS) is 29.3. The fraction of sp³-hybridized carbons (Fsp3) is 0.720. The van der Waals surface area contributed by atoms with Crippen molar-refractivity contribution in [3.05, 3.63) is 34.9 Å². The van der Waals surface area contributed by atoms with Gasteiger partial charge in [0.05, 0.1) is 0 Å². The lowest BCUT2D eigenvalue weighted by molar-refractivity contribution is -0.171. The molecule has 0 unspecified atom stereocenters. The second-order valence-corrected chi connectivity index (χ2v) is 11.9. The number of amides is 1. The number of nitrogens with one attached hydrogen (secondary N) is 1. The Bertz CT molecular complexity index is 973. The molecule has 0 radical (unpaired) electrons. The van der Waals surface area contributed by atoms with Gasteiger partial charge in [0.25, 0.3) is 0 Å². The van der Waals surface area contributed by atoms with Gasteiger partial charge in [0.1, 0.15) is 5.82 Å². The van der Waals surface area contributed by atoms with E-state index in [0.717, 1.165) is 63.4 Å². The van der Waals surface area contributed by atoms with E-state index >= 15 is 0 Å². The number of hydrogen-bond acceptors (Lipinski definition) is 4. The van der Waals surface area contributed by atoms with E-state index < -0.39 is 0 Å². The third-order valence-electron chi connectivity index (χ3n) is 8.94. The molecule has 5 fully saturated rings. The van der Waals surface area contributed by atoms with Crippen LogP contribution in [-0.4, -0.2) is 63.6 Å². The molecule has 2 spiro atoms. The summed E-state index contributed by atoms with van der Waals surface area (Å²) < 4.78 is 0. The molecule has 3 saturated carbocycles. The zero-order chi connectivity index (χ0) is 20.8. The quantitative estimate of drug-likeness (QED) is 0.795. The number of carbonyl (C=O) groups is 1. The Hall–Kier alpha value is -1.95. The summed E-state index contributed by atoms with van der Waals surface area (Å²) in [5.41, 5.74) is 3.79. The van der Waals surface area contributed by atoms with Gasteiger partial charge < -0.3 is 4.90 Å². The SMILES string of the molecule is CC1=CCC(CN2CC3(CC(C(=O)N4CC5(CC(c6n[nH]c(C7CC7)n6)C5)C4)C3)C2)=C1. The van der Waals surface area contributed by atoms with E-state index in [9.17, 15) is 4.79 Å². The van der Waals surface area contributed by atoms with E-state index in [1.807, 2.05) is 0 Å². The zero-order valence-corrected chi connectivity index (χ0v) is 18.6. The van der Waals surface area contributed by atoms with Crippen molar-refractivity contribution in [2.75, 3.05) is 32.7 Å². The van der Waals surface area contributed by atoms with Crippen LogP contribution in [0.3, 0.4) is 0 Å². The summed E-state index contributed by atoms with van der Waals surface area (Å²) in [6, 6.07) is 0. The molecule has 4 aliphatic carbocycles. The average molecular weight is 420 g/mol. The van der Waals surface area contributed by atoms with Gasteiger partial charge in [0.2, 0.25) is 5.91 Å². The zero-order valence-electron chi connectivity index (χ0n) is 18.6. The predicted octanol–water partition coefficient (Wildman–Crippen LogP) is 3.38. The maximum atomic E-state index is 13.0. The van der Waals surface area contributed by atoms with Crippen LogP contribution in [0.1, 0.15) is 75.4 Å². The first kappa shape index (κ1) is 18.6. The Morgan fingerprint density at radius 1 is 1.10 bits per heavy atom. The number of nitrogens with zero attached hydrogens (tertiary/aromatic N) is 4. The fourth-order valence-corrected chi connectivity index (χ4v) is 7.18. The number of allylic oxidation sites excluding steroid dienone is 3. The van der Waals surface area contributed by atoms with Crippen molar-refractivity contribution in [3.8, 4) is 0 Å². The minimum atomic E-state index is 0.291. The van der Waals surface area contributed by atoms with E-state index in [0.29, 0.717) is 34.5 Å². The molecule has 1 N–H and O–H groups in total. The number of H-pyrrole nitrogens is 1. The van der Waals surface area contributed by atoms with E-state index in [1.165, 1.54) is 31.5 Å². The Morgan fingerprint density at radius 2 is 1.84 bits per heavy atom. The van der Waals surface area contributed by atoms with Crippen molar-refractivity contribution in [1.82, 2.24) is 25.0 Å². The van der Waals surface area contributed by atoms with E-state index in [-0.39, 0.29) is 0 Å². The molecule has 6 heteroatoms. The van der Waals surface area contributed by atoms with Crippen LogP contribution >= 0.6 is 0 Å². The number of aromatic amines is 1. The van der Waals surface area contributed by atoms with Crippen LogP contribution in [0.5, 0.6) is 0 Å². The maximum Gasteiger partial charge on any atom is 0.225 e. The number of likely N-dealkylation sites (tertiary alicyclic amines) is 2. The second-order valence-electron chi connectivity index (χ2n) is 11.9. The Balaban J connectivity index is 0.850. The largest absolute Gasteiger partial charge is 0.341 e. The molecule has 164 valence electrons. The van der Waals surface area contributed by atoms with Crippen LogP contribution in [-0.2, 0) is 4.79 Å². The van der Waals surface area contributed by atoms with E-state index in [2.05, 4.69) is 39.1 Å². The molecule has 2 saturated heterocycles. The van der Waals surface area contributed by atoms with Gasteiger partial charge in [-0.25, -0.2) is 4.98 Å². The lowest BCUT2D eigenvalue weighted by atomic mass is 9.55. The lowest BCUT2D eigenvalue weighted by Crippen LogP contribution is -2.68. The third-order valence-corrected chi connectivity index (χ3v) is 8.94. The maximum absolute atomic E-state index is 13.0. The fourth-order valence-electron chi connectivity index (χ4n) is 7.18. The second kappa shape index (κ2) is 6.31. The Morgan fingerprint density at radius 3 is 2.52 bits per heavy atom. The first-order valence-corrected chi connectivity index (χ1v) is 12.3. The van der Waals surface area contributed by atoms with Crippen LogP contribution in [0.4, 0.5) is 0 Å². The highest BCUT2D eigenvalue weighted by atomic mass is 16.2. The molecule has 3 heterocycles.